The predicted molar refractivity (Wildman–Crippen MR) is 63.4 cm³/mol. The fraction of sp³-hybridized carbons (Fsp3) is 0.231. The first-order chi connectivity index (χ1) is 8.61. The monoisotopic (exact) mass is 245 g/mol. The van der Waals surface area contributed by atoms with Crippen molar-refractivity contribution in [3.63, 3.8) is 0 Å². The number of carbonyl (C=O) groups is 2. The minimum Gasteiger partial charge on any atom is -0.478 e. The summed E-state index contributed by atoms with van der Waals surface area (Å²) in [4.78, 5) is 23.0. The van der Waals surface area contributed by atoms with Crippen LogP contribution in [0.5, 0.6) is 0 Å². The molecule has 3 rings (SSSR count). The third-order valence-electron chi connectivity index (χ3n) is 3.40. The summed E-state index contributed by atoms with van der Waals surface area (Å²) in [5.41, 5.74) is 1.41. The van der Waals surface area contributed by atoms with E-state index in [-0.39, 0.29) is 17.0 Å². The van der Waals surface area contributed by atoms with Gasteiger partial charge in [0.05, 0.1) is 11.1 Å². The smallest absolute Gasteiger partial charge is 0.336 e. The summed E-state index contributed by atoms with van der Waals surface area (Å²) in [7, 11) is 0. The van der Waals surface area contributed by atoms with Crippen LogP contribution in [0, 0.1) is 0 Å². The highest BCUT2D eigenvalue weighted by Crippen LogP contribution is 2.33. The van der Waals surface area contributed by atoms with Crippen LogP contribution in [0.15, 0.2) is 18.2 Å². The molecule has 0 fully saturated rings. The summed E-state index contributed by atoms with van der Waals surface area (Å²) in [5.74, 6) is -1.18. The van der Waals surface area contributed by atoms with Crippen LogP contribution in [0.25, 0.3) is 10.9 Å². The SMILES string of the molecule is O=C(O)c1cccc2c1c1c(n2O)C(=O)CCC1. The number of Topliss-reactive ketones (excluding diaryl/α,β-unsaturated/α-hetero) is 1. The molecule has 1 aliphatic rings. The van der Waals surface area contributed by atoms with Crippen molar-refractivity contribution < 1.29 is 19.9 Å². The Morgan fingerprint density at radius 1 is 1.28 bits per heavy atom. The second-order valence-electron chi connectivity index (χ2n) is 4.42. The number of benzene rings is 1. The lowest BCUT2D eigenvalue weighted by Crippen LogP contribution is -2.14. The lowest BCUT2D eigenvalue weighted by Gasteiger charge is -2.11. The normalized spacial score (nSPS) is 14.8. The van der Waals surface area contributed by atoms with Crippen LogP contribution in [-0.2, 0) is 6.42 Å². The van der Waals surface area contributed by atoms with Crippen LogP contribution in [0.3, 0.4) is 0 Å². The highest BCUT2D eigenvalue weighted by atomic mass is 16.5. The molecule has 92 valence electrons. The number of fused-ring (bicyclic) bond motifs is 3. The summed E-state index contributed by atoms with van der Waals surface area (Å²) in [6.07, 6.45) is 1.71. The average molecular weight is 245 g/mol. The van der Waals surface area contributed by atoms with Crippen molar-refractivity contribution in [2.24, 2.45) is 0 Å². The lowest BCUT2D eigenvalue weighted by molar-refractivity contribution is 0.0698. The van der Waals surface area contributed by atoms with E-state index in [1.807, 2.05) is 0 Å². The molecule has 0 bridgehead atoms. The zero-order chi connectivity index (χ0) is 12.9. The fourth-order valence-corrected chi connectivity index (χ4v) is 2.65. The van der Waals surface area contributed by atoms with E-state index in [4.69, 9.17) is 0 Å². The molecule has 0 amide bonds. The Morgan fingerprint density at radius 3 is 2.78 bits per heavy atom. The number of hydrogen-bond acceptors (Lipinski definition) is 3. The second-order valence-corrected chi connectivity index (χ2v) is 4.42. The van der Waals surface area contributed by atoms with Gasteiger partial charge in [-0.15, -0.1) is 0 Å². The number of aromatic nitrogens is 1. The van der Waals surface area contributed by atoms with E-state index in [1.165, 1.54) is 6.07 Å². The first-order valence-electron chi connectivity index (χ1n) is 5.73. The second kappa shape index (κ2) is 3.60. The van der Waals surface area contributed by atoms with E-state index < -0.39 is 5.97 Å². The Morgan fingerprint density at radius 2 is 2.06 bits per heavy atom. The molecular weight excluding hydrogens is 234 g/mol. The van der Waals surface area contributed by atoms with Crippen molar-refractivity contribution in [3.05, 3.63) is 35.0 Å². The fourth-order valence-electron chi connectivity index (χ4n) is 2.65. The number of rotatable bonds is 1. The van der Waals surface area contributed by atoms with Crippen molar-refractivity contribution in [1.29, 1.82) is 0 Å². The molecule has 2 aromatic rings. The van der Waals surface area contributed by atoms with E-state index in [2.05, 4.69) is 0 Å². The number of aryl methyl sites for hydroxylation is 1. The summed E-state index contributed by atoms with van der Waals surface area (Å²) >= 11 is 0. The lowest BCUT2D eigenvalue weighted by atomic mass is 9.93. The Labute approximate surface area is 102 Å². The minimum absolute atomic E-state index is 0.131. The quantitative estimate of drug-likeness (QED) is 0.754. The van der Waals surface area contributed by atoms with E-state index in [9.17, 15) is 19.9 Å². The van der Waals surface area contributed by atoms with Gasteiger partial charge in [-0.05, 0) is 30.5 Å². The van der Waals surface area contributed by atoms with Crippen LogP contribution in [0.4, 0.5) is 0 Å². The molecule has 0 aliphatic heterocycles. The number of aromatic carboxylic acids is 1. The van der Waals surface area contributed by atoms with Gasteiger partial charge in [0, 0.05) is 11.8 Å². The average Bonchev–Trinajstić information content (AvgIpc) is 2.65. The first-order valence-corrected chi connectivity index (χ1v) is 5.73. The molecule has 0 saturated heterocycles. The number of hydrogen-bond donors (Lipinski definition) is 2. The topological polar surface area (TPSA) is 79.5 Å². The molecule has 1 heterocycles. The van der Waals surface area contributed by atoms with Crippen molar-refractivity contribution in [2.75, 3.05) is 0 Å². The number of carbonyl (C=O) groups excluding carboxylic acids is 1. The number of carboxylic acids is 1. The van der Waals surface area contributed by atoms with Crippen molar-refractivity contribution in [3.8, 4) is 0 Å². The molecule has 18 heavy (non-hydrogen) atoms. The number of nitrogens with zero attached hydrogens (tertiary/aromatic N) is 1. The zero-order valence-corrected chi connectivity index (χ0v) is 9.51. The highest BCUT2D eigenvalue weighted by molar-refractivity contribution is 6.10. The van der Waals surface area contributed by atoms with Crippen LogP contribution >= 0.6 is 0 Å². The summed E-state index contributed by atoms with van der Waals surface area (Å²) < 4.78 is 0.832. The van der Waals surface area contributed by atoms with Crippen molar-refractivity contribution in [2.45, 2.75) is 19.3 Å². The third kappa shape index (κ3) is 1.27. The highest BCUT2D eigenvalue weighted by Gasteiger charge is 2.28. The standard InChI is InChI=1S/C13H11NO4/c15-10-6-2-3-7-11-8(13(16)17)4-1-5-9(11)14(18)12(7)10/h1,4-5,18H,2-3,6H2,(H,16,17). The minimum atomic E-state index is -1.05. The van der Waals surface area contributed by atoms with Crippen LogP contribution in [0.1, 0.15) is 39.3 Å². The maximum Gasteiger partial charge on any atom is 0.336 e. The Kier molecular flexibility index (Phi) is 2.16. The summed E-state index contributed by atoms with van der Waals surface area (Å²) in [6.45, 7) is 0. The third-order valence-corrected chi connectivity index (χ3v) is 3.40. The van der Waals surface area contributed by atoms with E-state index in [1.54, 1.807) is 12.1 Å². The first kappa shape index (κ1) is 10.8. The van der Waals surface area contributed by atoms with E-state index >= 15 is 0 Å². The van der Waals surface area contributed by atoms with Gasteiger partial charge in [0.25, 0.3) is 0 Å². The van der Waals surface area contributed by atoms with Gasteiger partial charge in [-0.2, -0.15) is 4.73 Å². The Bertz CT molecular complexity index is 684. The molecule has 1 aromatic heterocycles. The van der Waals surface area contributed by atoms with Crippen molar-refractivity contribution >= 4 is 22.7 Å². The summed E-state index contributed by atoms with van der Waals surface area (Å²) in [5, 5.41) is 19.7. The van der Waals surface area contributed by atoms with Gasteiger partial charge in [-0.3, -0.25) is 4.79 Å². The van der Waals surface area contributed by atoms with Gasteiger partial charge in [-0.25, -0.2) is 4.79 Å². The Balaban J connectivity index is 2.47. The molecule has 5 heteroatoms. The van der Waals surface area contributed by atoms with E-state index in [0.29, 0.717) is 35.7 Å². The van der Waals surface area contributed by atoms with Crippen LogP contribution in [0.2, 0.25) is 0 Å². The molecule has 1 aromatic carbocycles. The zero-order valence-electron chi connectivity index (χ0n) is 9.51. The van der Waals surface area contributed by atoms with Crippen molar-refractivity contribution in [1.82, 2.24) is 4.73 Å². The van der Waals surface area contributed by atoms with Gasteiger partial charge in [-0.1, -0.05) is 6.07 Å². The number of ketones is 1. The molecule has 0 unspecified atom stereocenters. The van der Waals surface area contributed by atoms with E-state index in [0.717, 1.165) is 4.73 Å². The van der Waals surface area contributed by atoms with Gasteiger partial charge in [0.15, 0.2) is 5.78 Å². The molecule has 0 saturated carbocycles. The largest absolute Gasteiger partial charge is 0.478 e. The molecule has 0 atom stereocenters. The predicted octanol–water partition coefficient (Wildman–Crippen LogP) is 2.10. The Hall–Kier alpha value is -2.30. The number of carboxylic acid groups (broad SMARTS) is 1. The van der Waals surface area contributed by atoms with Gasteiger partial charge in [0.1, 0.15) is 5.69 Å². The molecular formula is C13H11NO4. The molecule has 2 N–H and O–H groups in total. The molecule has 0 spiro atoms. The van der Waals surface area contributed by atoms with Crippen LogP contribution in [-0.4, -0.2) is 26.8 Å². The van der Waals surface area contributed by atoms with Crippen LogP contribution < -0.4 is 0 Å². The van der Waals surface area contributed by atoms with Gasteiger partial charge < -0.3 is 10.3 Å². The maximum atomic E-state index is 11.8. The molecule has 1 aliphatic carbocycles. The van der Waals surface area contributed by atoms with Gasteiger partial charge in [0.2, 0.25) is 0 Å². The summed E-state index contributed by atoms with van der Waals surface area (Å²) in [6, 6.07) is 4.67. The molecule has 0 radical (unpaired) electrons. The molecule has 5 nitrogen and oxygen atoms in total. The maximum absolute atomic E-state index is 11.8. The van der Waals surface area contributed by atoms with Gasteiger partial charge >= 0.3 is 5.97 Å².